The number of hydrogen-bond acceptors (Lipinski definition) is 3. The molecular weight excluding hydrogens is 310 g/mol. The highest BCUT2D eigenvalue weighted by molar-refractivity contribution is 6.30. The number of ketones is 1. The lowest BCUT2D eigenvalue weighted by Gasteiger charge is -2.20. The van der Waals surface area contributed by atoms with Crippen molar-refractivity contribution in [3.63, 3.8) is 0 Å². The molecule has 0 radical (unpaired) electrons. The van der Waals surface area contributed by atoms with Gasteiger partial charge < -0.3 is 9.64 Å². The van der Waals surface area contributed by atoms with Gasteiger partial charge in [-0.1, -0.05) is 35.9 Å². The van der Waals surface area contributed by atoms with E-state index in [2.05, 4.69) is 0 Å². The average Bonchev–Trinajstić information content (AvgIpc) is 2.53. The van der Waals surface area contributed by atoms with Gasteiger partial charge in [0.2, 0.25) is 0 Å². The number of benzene rings is 2. The smallest absolute Gasteiger partial charge is 0.167 e. The SMILES string of the molecule is COc1cccc(C(=O)[C@@H](Cc2cccc(Cl)c2)CN(C)C)c1. The van der Waals surface area contributed by atoms with Gasteiger partial charge in [0.25, 0.3) is 0 Å². The number of rotatable bonds is 7. The molecule has 0 spiro atoms. The summed E-state index contributed by atoms with van der Waals surface area (Å²) in [7, 11) is 5.56. The van der Waals surface area contributed by atoms with Gasteiger partial charge in [-0.25, -0.2) is 0 Å². The van der Waals surface area contributed by atoms with E-state index in [0.29, 0.717) is 29.3 Å². The van der Waals surface area contributed by atoms with Crippen molar-refractivity contribution in [2.24, 2.45) is 5.92 Å². The van der Waals surface area contributed by atoms with E-state index in [-0.39, 0.29) is 11.7 Å². The Labute approximate surface area is 142 Å². The van der Waals surface area contributed by atoms with Crippen LogP contribution in [0.15, 0.2) is 48.5 Å². The van der Waals surface area contributed by atoms with Crippen molar-refractivity contribution in [3.8, 4) is 5.75 Å². The monoisotopic (exact) mass is 331 g/mol. The van der Waals surface area contributed by atoms with Crippen molar-refractivity contribution in [2.75, 3.05) is 27.7 Å². The van der Waals surface area contributed by atoms with Crippen LogP contribution in [-0.4, -0.2) is 38.4 Å². The van der Waals surface area contributed by atoms with Gasteiger partial charge in [0.15, 0.2) is 5.78 Å². The Hall–Kier alpha value is -1.84. The Balaban J connectivity index is 2.24. The summed E-state index contributed by atoms with van der Waals surface area (Å²) in [6.45, 7) is 0.683. The molecule has 3 nitrogen and oxygen atoms in total. The van der Waals surface area contributed by atoms with E-state index >= 15 is 0 Å². The standard InChI is InChI=1S/C19H22ClNO2/c1-21(2)13-16(10-14-6-4-8-17(20)11-14)19(22)15-7-5-9-18(12-15)23-3/h4-9,11-12,16H,10,13H2,1-3H3/t16-/m0/s1. The first-order valence-corrected chi connectivity index (χ1v) is 7.95. The van der Waals surface area contributed by atoms with Crippen LogP contribution in [0.25, 0.3) is 0 Å². The number of methoxy groups -OCH3 is 1. The highest BCUT2D eigenvalue weighted by Gasteiger charge is 2.22. The Morgan fingerprint density at radius 2 is 1.91 bits per heavy atom. The third-order valence-electron chi connectivity index (χ3n) is 3.68. The van der Waals surface area contributed by atoms with Crippen molar-refractivity contribution >= 4 is 17.4 Å². The maximum Gasteiger partial charge on any atom is 0.167 e. The van der Waals surface area contributed by atoms with Crippen molar-refractivity contribution in [2.45, 2.75) is 6.42 Å². The fourth-order valence-corrected chi connectivity index (χ4v) is 2.85. The molecule has 0 aliphatic rings. The fourth-order valence-electron chi connectivity index (χ4n) is 2.64. The van der Waals surface area contributed by atoms with Gasteiger partial charge in [-0.05, 0) is 50.3 Å². The van der Waals surface area contributed by atoms with E-state index in [1.807, 2.05) is 61.5 Å². The van der Waals surface area contributed by atoms with E-state index in [1.54, 1.807) is 13.2 Å². The second kappa shape index (κ2) is 8.14. The molecule has 2 aromatic rings. The summed E-state index contributed by atoms with van der Waals surface area (Å²) >= 11 is 6.06. The predicted octanol–water partition coefficient (Wildman–Crippen LogP) is 3.95. The molecule has 122 valence electrons. The molecule has 0 amide bonds. The molecule has 0 fully saturated rings. The third kappa shape index (κ3) is 5.08. The van der Waals surface area contributed by atoms with E-state index in [4.69, 9.17) is 16.3 Å². The van der Waals surface area contributed by atoms with Gasteiger partial charge in [-0.2, -0.15) is 0 Å². The quantitative estimate of drug-likeness (QED) is 0.719. The molecule has 0 aliphatic carbocycles. The topological polar surface area (TPSA) is 29.5 Å². The lowest BCUT2D eigenvalue weighted by atomic mass is 9.90. The van der Waals surface area contributed by atoms with Crippen LogP contribution < -0.4 is 4.74 Å². The third-order valence-corrected chi connectivity index (χ3v) is 3.92. The summed E-state index contributed by atoms with van der Waals surface area (Å²) in [5.74, 6) is 0.690. The minimum absolute atomic E-state index is 0.123. The maximum atomic E-state index is 12.9. The summed E-state index contributed by atoms with van der Waals surface area (Å²) in [6, 6.07) is 15.0. The Bertz CT molecular complexity index is 670. The molecule has 4 heteroatoms. The zero-order chi connectivity index (χ0) is 16.8. The van der Waals surface area contributed by atoms with Gasteiger partial charge in [-0.15, -0.1) is 0 Å². The molecule has 0 heterocycles. The minimum atomic E-state index is -0.129. The van der Waals surface area contributed by atoms with Gasteiger partial charge in [0.05, 0.1) is 7.11 Å². The molecule has 2 rings (SSSR count). The van der Waals surface area contributed by atoms with Crippen molar-refractivity contribution < 1.29 is 9.53 Å². The summed E-state index contributed by atoms with van der Waals surface area (Å²) in [5.41, 5.74) is 1.75. The highest BCUT2D eigenvalue weighted by atomic mass is 35.5. The molecule has 0 aromatic heterocycles. The fraction of sp³-hybridized carbons (Fsp3) is 0.316. The van der Waals surface area contributed by atoms with Crippen LogP contribution in [0, 0.1) is 5.92 Å². The van der Waals surface area contributed by atoms with Crippen LogP contribution in [0.1, 0.15) is 15.9 Å². The van der Waals surface area contributed by atoms with Gasteiger partial charge in [0.1, 0.15) is 5.75 Å². The van der Waals surface area contributed by atoms with Crippen LogP contribution in [0.3, 0.4) is 0 Å². The molecule has 0 N–H and O–H groups in total. The van der Waals surface area contributed by atoms with E-state index in [1.165, 1.54) is 0 Å². The number of Topliss-reactive ketones (excluding diaryl/α,β-unsaturated/α-hetero) is 1. The molecule has 2 aromatic carbocycles. The molecule has 0 saturated heterocycles. The van der Waals surface area contributed by atoms with E-state index < -0.39 is 0 Å². The molecule has 0 bridgehead atoms. The van der Waals surface area contributed by atoms with Crippen LogP contribution in [0.4, 0.5) is 0 Å². The van der Waals surface area contributed by atoms with Crippen LogP contribution in [-0.2, 0) is 6.42 Å². The number of halogens is 1. The van der Waals surface area contributed by atoms with Crippen molar-refractivity contribution in [3.05, 3.63) is 64.7 Å². The normalized spacial score (nSPS) is 12.2. The second-order valence-electron chi connectivity index (χ2n) is 5.89. The summed E-state index contributed by atoms with van der Waals surface area (Å²) in [6.07, 6.45) is 0.661. The predicted molar refractivity (Wildman–Crippen MR) is 94.5 cm³/mol. The first-order chi connectivity index (χ1) is 11.0. The molecule has 23 heavy (non-hydrogen) atoms. The first-order valence-electron chi connectivity index (χ1n) is 7.57. The van der Waals surface area contributed by atoms with Gasteiger partial charge in [0, 0.05) is 23.0 Å². The highest BCUT2D eigenvalue weighted by Crippen LogP contribution is 2.21. The van der Waals surface area contributed by atoms with Crippen LogP contribution in [0.2, 0.25) is 5.02 Å². The molecule has 0 aliphatic heterocycles. The van der Waals surface area contributed by atoms with Crippen LogP contribution in [0.5, 0.6) is 5.75 Å². The molecular formula is C19H22ClNO2. The van der Waals surface area contributed by atoms with Gasteiger partial charge >= 0.3 is 0 Å². The van der Waals surface area contributed by atoms with E-state index in [0.717, 1.165) is 5.56 Å². The second-order valence-corrected chi connectivity index (χ2v) is 6.33. The number of hydrogen-bond donors (Lipinski definition) is 0. The lowest BCUT2D eigenvalue weighted by molar-refractivity contribution is 0.0896. The largest absolute Gasteiger partial charge is 0.497 e. The zero-order valence-corrected chi connectivity index (χ0v) is 14.5. The zero-order valence-electron chi connectivity index (χ0n) is 13.8. The summed E-state index contributed by atoms with van der Waals surface area (Å²) in [5, 5.41) is 0.694. The average molecular weight is 332 g/mol. The Kier molecular flexibility index (Phi) is 6.20. The van der Waals surface area contributed by atoms with E-state index in [9.17, 15) is 4.79 Å². The number of carbonyl (C=O) groups excluding carboxylic acids is 1. The lowest BCUT2D eigenvalue weighted by Crippen LogP contribution is -2.29. The summed E-state index contributed by atoms with van der Waals surface area (Å²) < 4.78 is 5.22. The number of nitrogens with zero attached hydrogens (tertiary/aromatic N) is 1. The molecule has 1 atom stereocenters. The Morgan fingerprint density at radius 1 is 1.17 bits per heavy atom. The van der Waals surface area contributed by atoms with Crippen molar-refractivity contribution in [1.82, 2.24) is 4.90 Å². The van der Waals surface area contributed by atoms with Crippen LogP contribution >= 0.6 is 11.6 Å². The molecule has 0 unspecified atom stereocenters. The van der Waals surface area contributed by atoms with Gasteiger partial charge in [-0.3, -0.25) is 4.79 Å². The summed E-state index contributed by atoms with van der Waals surface area (Å²) in [4.78, 5) is 15.0. The first kappa shape index (κ1) is 17.5. The number of ether oxygens (including phenoxy) is 1. The minimum Gasteiger partial charge on any atom is -0.497 e. The number of carbonyl (C=O) groups is 1. The Morgan fingerprint density at radius 3 is 2.57 bits per heavy atom. The maximum absolute atomic E-state index is 12.9. The molecule has 0 saturated carbocycles. The van der Waals surface area contributed by atoms with Crippen molar-refractivity contribution in [1.29, 1.82) is 0 Å².